The summed E-state index contributed by atoms with van der Waals surface area (Å²) >= 11 is 0. The minimum absolute atomic E-state index is 0.0437. The fraction of sp³-hybridized carbons (Fsp3) is 0.188. The zero-order valence-electron chi connectivity index (χ0n) is 12.2. The summed E-state index contributed by atoms with van der Waals surface area (Å²) < 4.78 is 28.0. The van der Waals surface area contributed by atoms with Crippen LogP contribution in [-0.2, 0) is 27.8 Å². The highest BCUT2D eigenvalue weighted by molar-refractivity contribution is 7.89. The van der Waals surface area contributed by atoms with Crippen LogP contribution in [0.15, 0.2) is 53.4 Å². The summed E-state index contributed by atoms with van der Waals surface area (Å²) in [6, 6.07) is 13.6. The van der Waals surface area contributed by atoms with Crippen molar-refractivity contribution in [2.24, 2.45) is 5.14 Å². The molecular weight excluding hydrogens is 316 g/mol. The van der Waals surface area contributed by atoms with E-state index in [1.807, 2.05) is 24.3 Å². The molecule has 0 aromatic heterocycles. The Kier molecular flexibility index (Phi) is 4.06. The number of rotatable bonds is 4. The molecule has 1 unspecified atom stereocenters. The molecule has 1 aliphatic heterocycles. The number of carbonyl (C=O) groups is 1. The summed E-state index contributed by atoms with van der Waals surface area (Å²) in [6.07, 6.45) is 0.0166. The molecule has 7 heteroatoms. The zero-order valence-corrected chi connectivity index (χ0v) is 13.0. The average molecular weight is 332 g/mol. The molecule has 0 saturated carbocycles. The Morgan fingerprint density at radius 1 is 1.17 bits per heavy atom. The maximum absolute atomic E-state index is 12.2. The van der Waals surface area contributed by atoms with Crippen LogP contribution in [0.3, 0.4) is 0 Å². The fourth-order valence-corrected chi connectivity index (χ4v) is 2.94. The Hall–Kier alpha value is -2.38. The molecule has 1 heterocycles. The van der Waals surface area contributed by atoms with E-state index in [9.17, 15) is 13.2 Å². The Morgan fingerprint density at radius 3 is 2.52 bits per heavy atom. The molecule has 0 fully saturated rings. The predicted octanol–water partition coefficient (Wildman–Crippen LogP) is 0.954. The number of fused-ring (bicyclic) bond motifs is 1. The van der Waals surface area contributed by atoms with E-state index in [0.717, 1.165) is 16.9 Å². The van der Waals surface area contributed by atoms with Crippen molar-refractivity contribution < 1.29 is 17.9 Å². The van der Waals surface area contributed by atoms with Gasteiger partial charge in [-0.2, -0.15) is 0 Å². The van der Waals surface area contributed by atoms with E-state index in [4.69, 9.17) is 9.88 Å². The van der Waals surface area contributed by atoms with E-state index < -0.39 is 16.1 Å². The molecule has 1 amide bonds. The number of benzene rings is 2. The van der Waals surface area contributed by atoms with Crippen LogP contribution in [-0.4, -0.2) is 20.4 Å². The SMILES string of the molecule is NS(=O)(=O)c1ccc(CNC(=O)C2Cc3ccccc3O2)cc1. The Morgan fingerprint density at radius 2 is 1.87 bits per heavy atom. The van der Waals surface area contributed by atoms with Gasteiger partial charge >= 0.3 is 0 Å². The van der Waals surface area contributed by atoms with Gasteiger partial charge in [-0.05, 0) is 29.3 Å². The smallest absolute Gasteiger partial charge is 0.261 e. The van der Waals surface area contributed by atoms with Crippen LogP contribution in [0.5, 0.6) is 5.75 Å². The summed E-state index contributed by atoms with van der Waals surface area (Å²) in [5.74, 6) is 0.543. The van der Waals surface area contributed by atoms with Gasteiger partial charge in [-0.1, -0.05) is 30.3 Å². The molecule has 0 spiro atoms. The van der Waals surface area contributed by atoms with E-state index in [0.29, 0.717) is 13.0 Å². The fourth-order valence-electron chi connectivity index (χ4n) is 2.43. The number of primary sulfonamides is 1. The highest BCUT2D eigenvalue weighted by atomic mass is 32.2. The van der Waals surface area contributed by atoms with Gasteiger partial charge in [0.1, 0.15) is 5.75 Å². The third kappa shape index (κ3) is 3.52. The van der Waals surface area contributed by atoms with E-state index in [-0.39, 0.29) is 10.8 Å². The zero-order chi connectivity index (χ0) is 16.4. The molecule has 3 rings (SSSR count). The van der Waals surface area contributed by atoms with Gasteiger partial charge in [0.2, 0.25) is 10.0 Å². The monoisotopic (exact) mass is 332 g/mol. The molecule has 2 aromatic carbocycles. The molecule has 2 aromatic rings. The van der Waals surface area contributed by atoms with Gasteiger partial charge in [0.25, 0.3) is 5.91 Å². The van der Waals surface area contributed by atoms with Crippen LogP contribution in [0.25, 0.3) is 0 Å². The molecule has 120 valence electrons. The Balaban J connectivity index is 1.58. The molecule has 0 radical (unpaired) electrons. The predicted molar refractivity (Wildman–Crippen MR) is 84.2 cm³/mol. The number of hydrogen-bond donors (Lipinski definition) is 2. The number of para-hydroxylation sites is 1. The lowest BCUT2D eigenvalue weighted by molar-refractivity contribution is -0.127. The van der Waals surface area contributed by atoms with E-state index in [2.05, 4.69) is 5.32 Å². The lowest BCUT2D eigenvalue weighted by Gasteiger charge is -2.11. The third-order valence-electron chi connectivity index (χ3n) is 3.66. The molecular formula is C16H16N2O4S. The standard InChI is InChI=1S/C16H16N2O4S/c17-23(20,21)13-7-5-11(6-8-13)10-18-16(19)15-9-12-3-1-2-4-14(12)22-15/h1-8,15H,9-10H2,(H,18,19)(H2,17,20,21). The van der Waals surface area contributed by atoms with Crippen molar-refractivity contribution in [3.05, 3.63) is 59.7 Å². The second kappa shape index (κ2) is 6.02. The van der Waals surface area contributed by atoms with Crippen molar-refractivity contribution in [2.75, 3.05) is 0 Å². The first-order valence-electron chi connectivity index (χ1n) is 7.07. The maximum atomic E-state index is 12.2. The number of nitrogens with one attached hydrogen (secondary N) is 1. The number of amides is 1. The first-order valence-corrected chi connectivity index (χ1v) is 8.62. The molecule has 1 atom stereocenters. The number of ether oxygens (including phenoxy) is 1. The highest BCUT2D eigenvalue weighted by Gasteiger charge is 2.28. The first kappa shape index (κ1) is 15.5. The molecule has 0 bridgehead atoms. The quantitative estimate of drug-likeness (QED) is 0.871. The summed E-state index contributed by atoms with van der Waals surface area (Å²) in [5, 5.41) is 7.83. The second-order valence-corrected chi connectivity index (χ2v) is 6.89. The lowest BCUT2D eigenvalue weighted by atomic mass is 10.1. The van der Waals surface area contributed by atoms with Crippen molar-refractivity contribution in [3.8, 4) is 5.75 Å². The van der Waals surface area contributed by atoms with Gasteiger partial charge in [-0.15, -0.1) is 0 Å². The lowest BCUT2D eigenvalue weighted by Crippen LogP contribution is -2.37. The number of hydrogen-bond acceptors (Lipinski definition) is 4. The molecule has 23 heavy (non-hydrogen) atoms. The van der Waals surface area contributed by atoms with Crippen LogP contribution in [0.2, 0.25) is 0 Å². The van der Waals surface area contributed by atoms with E-state index in [1.165, 1.54) is 12.1 Å². The molecule has 1 aliphatic rings. The number of sulfonamides is 1. The van der Waals surface area contributed by atoms with Crippen molar-refractivity contribution in [1.29, 1.82) is 0 Å². The van der Waals surface area contributed by atoms with Gasteiger partial charge < -0.3 is 10.1 Å². The second-order valence-electron chi connectivity index (χ2n) is 5.33. The summed E-state index contributed by atoms with van der Waals surface area (Å²) in [4.78, 5) is 12.2. The normalized spacial score (nSPS) is 16.5. The van der Waals surface area contributed by atoms with Crippen molar-refractivity contribution in [2.45, 2.75) is 24.0 Å². The van der Waals surface area contributed by atoms with Gasteiger partial charge in [-0.25, -0.2) is 13.6 Å². The van der Waals surface area contributed by atoms with Gasteiger partial charge in [0, 0.05) is 13.0 Å². The van der Waals surface area contributed by atoms with E-state index in [1.54, 1.807) is 12.1 Å². The summed E-state index contributed by atoms with van der Waals surface area (Å²) in [5.41, 5.74) is 1.80. The highest BCUT2D eigenvalue weighted by Crippen LogP contribution is 2.28. The van der Waals surface area contributed by atoms with Gasteiger partial charge in [-0.3, -0.25) is 4.79 Å². The first-order chi connectivity index (χ1) is 10.9. The summed E-state index contributed by atoms with van der Waals surface area (Å²) in [6.45, 7) is 0.292. The van der Waals surface area contributed by atoms with Crippen LogP contribution in [0, 0.1) is 0 Å². The number of nitrogens with two attached hydrogens (primary N) is 1. The van der Waals surface area contributed by atoms with Crippen molar-refractivity contribution in [3.63, 3.8) is 0 Å². The van der Waals surface area contributed by atoms with Crippen molar-refractivity contribution in [1.82, 2.24) is 5.32 Å². The minimum atomic E-state index is -3.70. The summed E-state index contributed by atoms with van der Waals surface area (Å²) in [7, 11) is -3.70. The van der Waals surface area contributed by atoms with Crippen LogP contribution in [0.1, 0.15) is 11.1 Å². The molecule has 3 N–H and O–H groups in total. The van der Waals surface area contributed by atoms with Crippen LogP contribution in [0.4, 0.5) is 0 Å². The maximum Gasteiger partial charge on any atom is 0.261 e. The van der Waals surface area contributed by atoms with E-state index >= 15 is 0 Å². The minimum Gasteiger partial charge on any atom is -0.480 e. The van der Waals surface area contributed by atoms with Gasteiger partial charge in [0.15, 0.2) is 6.10 Å². The Labute approximate surface area is 134 Å². The number of carbonyl (C=O) groups excluding carboxylic acids is 1. The Bertz CT molecular complexity index is 806. The van der Waals surface area contributed by atoms with Crippen molar-refractivity contribution >= 4 is 15.9 Å². The van der Waals surface area contributed by atoms with Gasteiger partial charge in [0.05, 0.1) is 4.90 Å². The van der Waals surface area contributed by atoms with Crippen LogP contribution >= 0.6 is 0 Å². The molecule has 6 nitrogen and oxygen atoms in total. The average Bonchev–Trinajstić information content (AvgIpc) is 2.96. The molecule has 0 saturated heterocycles. The molecule has 0 aliphatic carbocycles. The van der Waals surface area contributed by atoms with Crippen LogP contribution < -0.4 is 15.2 Å². The third-order valence-corrected chi connectivity index (χ3v) is 4.59. The topological polar surface area (TPSA) is 98.5 Å². The largest absolute Gasteiger partial charge is 0.480 e.